The summed E-state index contributed by atoms with van der Waals surface area (Å²) in [6.45, 7) is 5.07. The van der Waals surface area contributed by atoms with Crippen LogP contribution >= 0.6 is 0 Å². The number of halogens is 3. The van der Waals surface area contributed by atoms with Crippen molar-refractivity contribution in [2.24, 2.45) is 0 Å². The van der Waals surface area contributed by atoms with Crippen LogP contribution in [0.2, 0.25) is 0 Å². The van der Waals surface area contributed by atoms with E-state index in [-0.39, 0.29) is 11.3 Å². The average Bonchev–Trinajstić information content (AvgIpc) is 2.89. The van der Waals surface area contributed by atoms with Crippen LogP contribution in [0.5, 0.6) is 5.75 Å². The van der Waals surface area contributed by atoms with Crippen molar-refractivity contribution in [3.63, 3.8) is 0 Å². The molecule has 0 radical (unpaired) electrons. The number of aryl methyl sites for hydroxylation is 1. The number of piperidine rings is 1. The van der Waals surface area contributed by atoms with Crippen LogP contribution < -0.4 is 15.0 Å². The first-order chi connectivity index (χ1) is 14.5. The number of fused-ring (bicyclic) bond motifs is 3. The van der Waals surface area contributed by atoms with E-state index in [1.165, 1.54) is 16.8 Å². The van der Waals surface area contributed by atoms with E-state index in [0.717, 1.165) is 51.4 Å². The Hall–Kier alpha value is -2.21. The zero-order valence-electron chi connectivity index (χ0n) is 17.2. The highest BCUT2D eigenvalue weighted by atomic mass is 19.4. The van der Waals surface area contributed by atoms with Crippen molar-refractivity contribution in [2.45, 2.75) is 50.7 Å². The maximum atomic E-state index is 13.9. The van der Waals surface area contributed by atoms with Gasteiger partial charge in [0.2, 0.25) is 0 Å². The summed E-state index contributed by atoms with van der Waals surface area (Å²) in [5.74, 6) is 0.609. The molecule has 3 heterocycles. The maximum Gasteiger partial charge on any atom is 0.417 e. The largest absolute Gasteiger partial charge is 0.494 e. The van der Waals surface area contributed by atoms with E-state index in [9.17, 15) is 13.2 Å². The number of nitrogens with one attached hydrogen (secondary N) is 1. The summed E-state index contributed by atoms with van der Waals surface area (Å²) >= 11 is 0. The summed E-state index contributed by atoms with van der Waals surface area (Å²) in [6.07, 6.45) is -0.201. The van der Waals surface area contributed by atoms with Crippen molar-refractivity contribution >= 4 is 5.69 Å². The molecular formula is C24H27F3N2O. The van der Waals surface area contributed by atoms with Gasteiger partial charge in [-0.15, -0.1) is 0 Å². The van der Waals surface area contributed by atoms with Gasteiger partial charge in [-0.25, -0.2) is 0 Å². The van der Waals surface area contributed by atoms with Gasteiger partial charge < -0.3 is 15.0 Å². The molecule has 2 aromatic rings. The summed E-state index contributed by atoms with van der Waals surface area (Å²) in [5.41, 5.74) is 4.03. The zero-order valence-corrected chi connectivity index (χ0v) is 17.2. The third-order valence-corrected chi connectivity index (χ3v) is 6.76. The molecule has 2 aromatic carbocycles. The highest BCUT2D eigenvalue weighted by Crippen LogP contribution is 2.49. The van der Waals surface area contributed by atoms with Gasteiger partial charge in [0.15, 0.2) is 0 Å². The van der Waals surface area contributed by atoms with E-state index in [1.807, 2.05) is 12.1 Å². The number of anilines is 1. The van der Waals surface area contributed by atoms with Crippen LogP contribution in [0.25, 0.3) is 11.1 Å². The minimum absolute atomic E-state index is 0.244. The lowest BCUT2D eigenvalue weighted by molar-refractivity contribution is -0.137. The van der Waals surface area contributed by atoms with Crippen LogP contribution in [0.3, 0.4) is 0 Å². The molecule has 160 valence electrons. The zero-order chi connectivity index (χ0) is 20.9. The van der Waals surface area contributed by atoms with Crippen molar-refractivity contribution in [3.05, 3.63) is 47.0 Å². The van der Waals surface area contributed by atoms with Gasteiger partial charge in [-0.1, -0.05) is 6.07 Å². The van der Waals surface area contributed by atoms with Gasteiger partial charge in [0, 0.05) is 30.7 Å². The fourth-order valence-electron chi connectivity index (χ4n) is 5.54. The second kappa shape index (κ2) is 7.49. The molecule has 0 bridgehead atoms. The van der Waals surface area contributed by atoms with E-state index in [0.29, 0.717) is 24.1 Å². The molecule has 2 atom stereocenters. The summed E-state index contributed by atoms with van der Waals surface area (Å²) in [7, 11) is 0. The predicted octanol–water partition coefficient (Wildman–Crippen LogP) is 5.37. The number of nitrogens with zero attached hydrogens (tertiary/aromatic N) is 1. The Morgan fingerprint density at radius 3 is 2.83 bits per heavy atom. The first-order valence-corrected chi connectivity index (χ1v) is 11.0. The lowest BCUT2D eigenvalue weighted by Crippen LogP contribution is -2.44. The summed E-state index contributed by atoms with van der Waals surface area (Å²) in [5, 5.41) is 3.49. The van der Waals surface area contributed by atoms with Crippen LogP contribution in [-0.4, -0.2) is 32.3 Å². The average molecular weight is 416 g/mol. The Morgan fingerprint density at radius 2 is 2.03 bits per heavy atom. The minimum atomic E-state index is -4.43. The first kappa shape index (κ1) is 19.7. The molecule has 1 saturated heterocycles. The molecule has 3 nitrogen and oxygen atoms in total. The fraction of sp³-hybridized carbons (Fsp3) is 0.500. The molecule has 1 N–H and O–H groups in total. The standard InChI is InChI=1S/C24H27F3N2O/c1-2-30-17-6-7-18(21(13-17)24(25,26)27)16-11-15-5-3-4-10-29-22-8-9-28-14-20(22)19(12-16)23(15)29/h6-7,11-13,20,22,28H,2-5,8-10,14H2,1H3/t20-,22-/m0/s1. The summed E-state index contributed by atoms with van der Waals surface area (Å²) in [4.78, 5) is 2.55. The number of ether oxygens (including phenoxy) is 1. The molecule has 0 unspecified atom stereocenters. The van der Waals surface area contributed by atoms with E-state index >= 15 is 0 Å². The number of benzene rings is 2. The molecule has 0 aliphatic carbocycles. The van der Waals surface area contributed by atoms with Gasteiger partial charge in [-0.05, 0) is 85.7 Å². The quantitative estimate of drug-likeness (QED) is 0.728. The Bertz CT molecular complexity index is 956. The summed E-state index contributed by atoms with van der Waals surface area (Å²) in [6, 6.07) is 8.86. The van der Waals surface area contributed by atoms with Crippen LogP contribution in [0, 0.1) is 0 Å². The number of rotatable bonds is 3. The molecule has 3 aliphatic heterocycles. The predicted molar refractivity (Wildman–Crippen MR) is 112 cm³/mol. The third kappa shape index (κ3) is 3.25. The maximum absolute atomic E-state index is 13.9. The lowest BCUT2D eigenvalue weighted by Gasteiger charge is -2.33. The molecule has 0 spiro atoms. The molecule has 6 heteroatoms. The van der Waals surface area contributed by atoms with Crippen molar-refractivity contribution in [3.8, 4) is 16.9 Å². The smallest absolute Gasteiger partial charge is 0.417 e. The second-order valence-corrected chi connectivity index (χ2v) is 8.53. The molecular weight excluding hydrogens is 389 g/mol. The van der Waals surface area contributed by atoms with E-state index < -0.39 is 11.7 Å². The molecule has 3 aliphatic rings. The van der Waals surface area contributed by atoms with Crippen molar-refractivity contribution < 1.29 is 17.9 Å². The molecule has 0 saturated carbocycles. The molecule has 30 heavy (non-hydrogen) atoms. The van der Waals surface area contributed by atoms with Crippen LogP contribution in [-0.2, 0) is 12.6 Å². The van der Waals surface area contributed by atoms with Crippen LogP contribution in [0.15, 0.2) is 30.3 Å². The van der Waals surface area contributed by atoms with Crippen molar-refractivity contribution in [1.29, 1.82) is 0 Å². The van der Waals surface area contributed by atoms with Crippen LogP contribution in [0.1, 0.15) is 48.8 Å². The van der Waals surface area contributed by atoms with Crippen molar-refractivity contribution in [1.82, 2.24) is 5.32 Å². The number of hydrogen-bond acceptors (Lipinski definition) is 3. The Kier molecular flexibility index (Phi) is 4.92. The van der Waals surface area contributed by atoms with Gasteiger partial charge in [0.25, 0.3) is 0 Å². The van der Waals surface area contributed by atoms with Gasteiger partial charge in [0.1, 0.15) is 5.75 Å². The third-order valence-electron chi connectivity index (χ3n) is 6.76. The Labute approximate surface area is 175 Å². The fourth-order valence-corrected chi connectivity index (χ4v) is 5.54. The Balaban J connectivity index is 1.67. The normalized spacial score (nSPS) is 23.0. The molecule has 5 rings (SSSR count). The molecule has 1 fully saturated rings. The highest BCUT2D eigenvalue weighted by molar-refractivity contribution is 5.78. The van der Waals surface area contributed by atoms with E-state index in [1.54, 1.807) is 19.1 Å². The van der Waals surface area contributed by atoms with Crippen LogP contribution in [0.4, 0.5) is 18.9 Å². The lowest BCUT2D eigenvalue weighted by atomic mass is 9.86. The van der Waals surface area contributed by atoms with Gasteiger partial charge in [0.05, 0.1) is 12.2 Å². The van der Waals surface area contributed by atoms with Gasteiger partial charge >= 0.3 is 6.18 Å². The number of hydrogen-bond donors (Lipinski definition) is 1. The topological polar surface area (TPSA) is 24.5 Å². The summed E-state index contributed by atoms with van der Waals surface area (Å²) < 4.78 is 47.2. The Morgan fingerprint density at radius 1 is 1.17 bits per heavy atom. The van der Waals surface area contributed by atoms with Gasteiger partial charge in [-0.2, -0.15) is 13.2 Å². The number of alkyl halides is 3. The van der Waals surface area contributed by atoms with Crippen molar-refractivity contribution in [2.75, 3.05) is 31.1 Å². The monoisotopic (exact) mass is 416 g/mol. The SMILES string of the molecule is CCOc1ccc(-c2cc3c4c(c2)[C@@H]2CNCC[C@@H]2N4CCCC3)c(C(F)(F)F)c1. The van der Waals surface area contributed by atoms with Gasteiger partial charge in [-0.3, -0.25) is 0 Å². The van der Waals surface area contributed by atoms with E-state index in [2.05, 4.69) is 10.2 Å². The minimum Gasteiger partial charge on any atom is -0.494 e. The second-order valence-electron chi connectivity index (χ2n) is 8.53. The molecule has 0 amide bonds. The first-order valence-electron chi connectivity index (χ1n) is 11.0. The van der Waals surface area contributed by atoms with E-state index in [4.69, 9.17) is 4.74 Å². The molecule has 0 aromatic heterocycles. The highest BCUT2D eigenvalue weighted by Gasteiger charge is 2.42.